The molecule has 0 aliphatic carbocycles. The molecule has 3 heteroatoms. The van der Waals surface area contributed by atoms with E-state index in [4.69, 9.17) is 4.74 Å². The van der Waals surface area contributed by atoms with Crippen LogP contribution in [0, 0.1) is 0 Å². The molecule has 1 atom stereocenters. The van der Waals surface area contributed by atoms with E-state index >= 15 is 0 Å². The number of likely N-dealkylation sites (N-methyl/N-ethyl adjacent to an activating group) is 1. The van der Waals surface area contributed by atoms with E-state index in [1.54, 1.807) is 0 Å². The summed E-state index contributed by atoms with van der Waals surface area (Å²) in [4.78, 5) is 2.37. The van der Waals surface area contributed by atoms with E-state index in [-0.39, 0.29) is 0 Å². The summed E-state index contributed by atoms with van der Waals surface area (Å²) in [5.41, 5.74) is 2.84. The van der Waals surface area contributed by atoms with Gasteiger partial charge in [-0.3, -0.25) is 0 Å². The Hall–Kier alpha value is -0.900. The SMILES string of the molecule is CCc1ccc(CCN(C)CC2CNCCO2)cc1. The number of nitrogens with one attached hydrogen (secondary N) is 1. The van der Waals surface area contributed by atoms with Crippen LogP contribution in [0.3, 0.4) is 0 Å². The van der Waals surface area contributed by atoms with Gasteiger partial charge in [0, 0.05) is 26.2 Å². The first kappa shape index (κ1) is 14.5. The van der Waals surface area contributed by atoms with Crippen LogP contribution in [0.5, 0.6) is 0 Å². The van der Waals surface area contributed by atoms with Crippen LogP contribution in [0.1, 0.15) is 18.1 Å². The fourth-order valence-electron chi connectivity index (χ4n) is 2.44. The van der Waals surface area contributed by atoms with Crippen LogP contribution in [-0.4, -0.2) is 50.8 Å². The van der Waals surface area contributed by atoms with E-state index in [1.807, 2.05) is 0 Å². The quantitative estimate of drug-likeness (QED) is 0.845. The Balaban J connectivity index is 1.71. The van der Waals surface area contributed by atoms with Crippen molar-refractivity contribution >= 4 is 0 Å². The maximum atomic E-state index is 5.73. The molecule has 0 radical (unpaired) electrons. The summed E-state index contributed by atoms with van der Waals surface area (Å²) in [5, 5.41) is 3.37. The van der Waals surface area contributed by atoms with Gasteiger partial charge in [0.25, 0.3) is 0 Å². The molecule has 0 saturated carbocycles. The molecule has 1 fully saturated rings. The lowest BCUT2D eigenvalue weighted by Gasteiger charge is -2.28. The lowest BCUT2D eigenvalue weighted by Crippen LogP contribution is -2.44. The molecule has 1 heterocycles. The van der Waals surface area contributed by atoms with Crippen molar-refractivity contribution in [3.8, 4) is 0 Å². The second-order valence-corrected chi connectivity index (χ2v) is 5.38. The minimum Gasteiger partial charge on any atom is -0.374 e. The number of hydrogen-bond acceptors (Lipinski definition) is 3. The molecule has 1 unspecified atom stereocenters. The van der Waals surface area contributed by atoms with Gasteiger partial charge >= 0.3 is 0 Å². The Morgan fingerprint density at radius 1 is 1.26 bits per heavy atom. The monoisotopic (exact) mass is 262 g/mol. The molecule has 19 heavy (non-hydrogen) atoms. The summed E-state index contributed by atoms with van der Waals surface area (Å²) in [6.45, 7) is 7.11. The number of nitrogens with zero attached hydrogens (tertiary/aromatic N) is 1. The largest absolute Gasteiger partial charge is 0.374 e. The van der Waals surface area contributed by atoms with E-state index in [9.17, 15) is 0 Å². The van der Waals surface area contributed by atoms with Crippen molar-refractivity contribution in [1.29, 1.82) is 0 Å². The summed E-state index contributed by atoms with van der Waals surface area (Å²) in [6.07, 6.45) is 2.58. The molecule has 0 aromatic heterocycles. The van der Waals surface area contributed by atoms with Crippen LogP contribution < -0.4 is 5.32 Å². The standard InChI is InChI=1S/C16H26N2O/c1-3-14-4-6-15(7-5-14)8-10-18(2)13-16-12-17-9-11-19-16/h4-7,16-17H,3,8-13H2,1-2H3. The molecule has 1 saturated heterocycles. The number of morpholine rings is 1. The smallest absolute Gasteiger partial charge is 0.0826 e. The van der Waals surface area contributed by atoms with Gasteiger partial charge in [-0.1, -0.05) is 31.2 Å². The van der Waals surface area contributed by atoms with Gasteiger partial charge in [0.05, 0.1) is 12.7 Å². The summed E-state index contributed by atoms with van der Waals surface area (Å²) in [6, 6.07) is 8.99. The Bertz CT molecular complexity index is 358. The molecule has 0 bridgehead atoms. The highest BCUT2D eigenvalue weighted by atomic mass is 16.5. The minimum atomic E-state index is 0.348. The molecule has 1 aromatic carbocycles. The average molecular weight is 262 g/mol. The van der Waals surface area contributed by atoms with E-state index in [0.29, 0.717) is 6.10 Å². The number of rotatable bonds is 6. The molecule has 106 valence electrons. The van der Waals surface area contributed by atoms with Gasteiger partial charge in [-0.25, -0.2) is 0 Å². The zero-order valence-corrected chi connectivity index (χ0v) is 12.2. The molecule has 1 aliphatic heterocycles. The van der Waals surface area contributed by atoms with Crippen molar-refractivity contribution in [3.05, 3.63) is 35.4 Å². The van der Waals surface area contributed by atoms with Crippen LogP contribution in [0.25, 0.3) is 0 Å². The first-order valence-electron chi connectivity index (χ1n) is 7.36. The second kappa shape index (κ2) is 7.63. The van der Waals surface area contributed by atoms with Gasteiger partial charge in [0.1, 0.15) is 0 Å². The first-order valence-corrected chi connectivity index (χ1v) is 7.36. The summed E-state index contributed by atoms with van der Waals surface area (Å²) < 4.78 is 5.73. The number of hydrogen-bond donors (Lipinski definition) is 1. The molecular weight excluding hydrogens is 236 g/mol. The summed E-state index contributed by atoms with van der Waals surface area (Å²) in [7, 11) is 2.18. The molecular formula is C16H26N2O. The third-order valence-corrected chi connectivity index (χ3v) is 3.73. The predicted octanol–water partition coefficient (Wildman–Crippen LogP) is 1.71. The van der Waals surface area contributed by atoms with E-state index in [2.05, 4.69) is 48.5 Å². The molecule has 0 amide bonds. The van der Waals surface area contributed by atoms with Crippen molar-refractivity contribution in [2.24, 2.45) is 0 Å². The van der Waals surface area contributed by atoms with Crippen molar-refractivity contribution in [2.45, 2.75) is 25.9 Å². The van der Waals surface area contributed by atoms with Crippen LogP contribution >= 0.6 is 0 Å². The van der Waals surface area contributed by atoms with E-state index in [1.165, 1.54) is 11.1 Å². The number of benzene rings is 1. The van der Waals surface area contributed by atoms with Crippen molar-refractivity contribution < 1.29 is 4.74 Å². The van der Waals surface area contributed by atoms with Gasteiger partial charge < -0.3 is 15.0 Å². The molecule has 2 rings (SSSR count). The van der Waals surface area contributed by atoms with Crippen LogP contribution in [0.4, 0.5) is 0 Å². The van der Waals surface area contributed by atoms with Crippen LogP contribution in [-0.2, 0) is 17.6 Å². The Morgan fingerprint density at radius 3 is 2.63 bits per heavy atom. The average Bonchev–Trinajstić information content (AvgIpc) is 2.47. The molecule has 1 aliphatic rings. The third kappa shape index (κ3) is 4.94. The summed E-state index contributed by atoms with van der Waals surface area (Å²) >= 11 is 0. The topological polar surface area (TPSA) is 24.5 Å². The predicted molar refractivity (Wildman–Crippen MR) is 79.6 cm³/mol. The lowest BCUT2D eigenvalue weighted by molar-refractivity contribution is 0.0103. The lowest BCUT2D eigenvalue weighted by atomic mass is 10.1. The highest BCUT2D eigenvalue weighted by Crippen LogP contribution is 2.07. The minimum absolute atomic E-state index is 0.348. The fraction of sp³-hybridized carbons (Fsp3) is 0.625. The fourth-order valence-corrected chi connectivity index (χ4v) is 2.44. The zero-order valence-electron chi connectivity index (χ0n) is 12.2. The van der Waals surface area contributed by atoms with Gasteiger partial charge in [-0.15, -0.1) is 0 Å². The third-order valence-electron chi connectivity index (χ3n) is 3.73. The normalized spacial score (nSPS) is 19.8. The van der Waals surface area contributed by atoms with Gasteiger partial charge in [0.15, 0.2) is 0 Å². The van der Waals surface area contributed by atoms with Crippen LogP contribution in [0.15, 0.2) is 24.3 Å². The molecule has 3 nitrogen and oxygen atoms in total. The van der Waals surface area contributed by atoms with Gasteiger partial charge in [-0.05, 0) is 31.0 Å². The van der Waals surface area contributed by atoms with Gasteiger partial charge in [0.2, 0.25) is 0 Å². The summed E-state index contributed by atoms with van der Waals surface area (Å²) in [5.74, 6) is 0. The maximum absolute atomic E-state index is 5.73. The highest BCUT2D eigenvalue weighted by Gasteiger charge is 2.15. The first-order chi connectivity index (χ1) is 9.28. The molecule has 1 N–H and O–H groups in total. The number of aryl methyl sites for hydroxylation is 1. The van der Waals surface area contributed by atoms with E-state index in [0.717, 1.165) is 45.6 Å². The van der Waals surface area contributed by atoms with Crippen molar-refractivity contribution in [2.75, 3.05) is 39.8 Å². The van der Waals surface area contributed by atoms with Crippen molar-refractivity contribution in [1.82, 2.24) is 10.2 Å². The van der Waals surface area contributed by atoms with E-state index < -0.39 is 0 Å². The Kier molecular flexibility index (Phi) is 5.83. The number of ether oxygens (including phenoxy) is 1. The molecule has 1 aromatic rings. The van der Waals surface area contributed by atoms with Crippen LogP contribution in [0.2, 0.25) is 0 Å². The maximum Gasteiger partial charge on any atom is 0.0826 e. The van der Waals surface area contributed by atoms with Gasteiger partial charge in [-0.2, -0.15) is 0 Å². The zero-order chi connectivity index (χ0) is 13.5. The molecule has 0 spiro atoms. The van der Waals surface area contributed by atoms with Crippen molar-refractivity contribution in [3.63, 3.8) is 0 Å². The Labute approximate surface area is 116 Å². The Morgan fingerprint density at radius 2 is 2.00 bits per heavy atom. The second-order valence-electron chi connectivity index (χ2n) is 5.38. The highest BCUT2D eigenvalue weighted by molar-refractivity contribution is 5.22.